The molecule has 9 heteroatoms. The van der Waals surface area contributed by atoms with Gasteiger partial charge in [0.15, 0.2) is 0 Å². The Hall–Kier alpha value is -2.71. The van der Waals surface area contributed by atoms with Gasteiger partial charge in [0.2, 0.25) is 0 Å². The average Bonchev–Trinajstić information content (AvgIpc) is 2.55. The molecule has 0 amide bonds. The minimum absolute atomic E-state index is 0.0539. The number of nitrogens with zero attached hydrogens (tertiary/aromatic N) is 2. The molecule has 122 valence electrons. The fourth-order valence-electron chi connectivity index (χ4n) is 2.10. The number of rotatable bonds is 4. The van der Waals surface area contributed by atoms with Crippen molar-refractivity contribution in [2.75, 3.05) is 4.72 Å². The molecular formula is C15H10ClN3O4S. The molecule has 3 rings (SSSR count). The molecule has 2 heterocycles. The van der Waals surface area contributed by atoms with Crippen molar-refractivity contribution in [2.24, 2.45) is 0 Å². The molecule has 0 spiro atoms. The Morgan fingerprint density at radius 1 is 1.12 bits per heavy atom. The van der Waals surface area contributed by atoms with Crippen LogP contribution in [0.5, 0.6) is 0 Å². The van der Waals surface area contributed by atoms with Gasteiger partial charge in [-0.2, -0.15) is 0 Å². The van der Waals surface area contributed by atoms with Crippen LogP contribution in [0.3, 0.4) is 0 Å². The highest BCUT2D eigenvalue weighted by molar-refractivity contribution is 7.93. The number of carboxylic acids is 1. The van der Waals surface area contributed by atoms with Crippen molar-refractivity contribution in [3.8, 4) is 0 Å². The van der Waals surface area contributed by atoms with Crippen molar-refractivity contribution in [1.82, 2.24) is 9.97 Å². The minimum atomic E-state index is -3.97. The summed E-state index contributed by atoms with van der Waals surface area (Å²) in [5.74, 6) is -1.10. The SMILES string of the molecule is O=C(O)c1ccc(NS(=O)(=O)c2cnc(Cl)c3cccnc23)cc1. The smallest absolute Gasteiger partial charge is 0.335 e. The van der Waals surface area contributed by atoms with Gasteiger partial charge in [0, 0.05) is 17.3 Å². The number of aromatic carboxylic acids is 1. The van der Waals surface area contributed by atoms with Crippen LogP contribution < -0.4 is 4.72 Å². The summed E-state index contributed by atoms with van der Waals surface area (Å²) in [6.07, 6.45) is 2.59. The minimum Gasteiger partial charge on any atom is -0.478 e. The first-order valence-electron chi connectivity index (χ1n) is 6.64. The number of benzene rings is 1. The summed E-state index contributed by atoms with van der Waals surface area (Å²) >= 11 is 5.96. The normalized spacial score (nSPS) is 11.4. The lowest BCUT2D eigenvalue weighted by molar-refractivity contribution is 0.0697. The monoisotopic (exact) mass is 363 g/mol. The molecule has 0 saturated carbocycles. The van der Waals surface area contributed by atoms with Gasteiger partial charge in [-0.15, -0.1) is 0 Å². The number of sulfonamides is 1. The Labute approximate surface area is 142 Å². The molecule has 1 aromatic carbocycles. The number of pyridine rings is 2. The highest BCUT2D eigenvalue weighted by atomic mass is 35.5. The predicted molar refractivity (Wildman–Crippen MR) is 88.8 cm³/mol. The van der Waals surface area contributed by atoms with Crippen LogP contribution in [0.2, 0.25) is 5.15 Å². The first-order valence-corrected chi connectivity index (χ1v) is 8.50. The molecule has 0 aliphatic rings. The number of carboxylic acid groups (broad SMARTS) is 1. The van der Waals surface area contributed by atoms with Crippen molar-refractivity contribution in [3.63, 3.8) is 0 Å². The van der Waals surface area contributed by atoms with Crippen molar-refractivity contribution in [3.05, 3.63) is 59.5 Å². The van der Waals surface area contributed by atoms with E-state index in [-0.39, 0.29) is 26.8 Å². The number of nitrogens with one attached hydrogen (secondary N) is 1. The number of anilines is 1. The molecule has 2 aromatic heterocycles. The summed E-state index contributed by atoms with van der Waals surface area (Å²) in [7, 11) is -3.97. The molecule has 24 heavy (non-hydrogen) atoms. The van der Waals surface area contributed by atoms with E-state index in [0.717, 1.165) is 6.20 Å². The third-order valence-electron chi connectivity index (χ3n) is 3.23. The second-order valence-electron chi connectivity index (χ2n) is 4.80. The lowest BCUT2D eigenvalue weighted by atomic mass is 10.2. The molecule has 0 aliphatic carbocycles. The van der Waals surface area contributed by atoms with Crippen molar-refractivity contribution >= 4 is 44.2 Å². The molecule has 2 N–H and O–H groups in total. The zero-order valence-corrected chi connectivity index (χ0v) is 13.5. The van der Waals surface area contributed by atoms with E-state index in [1.165, 1.54) is 30.5 Å². The molecule has 0 bridgehead atoms. The highest BCUT2D eigenvalue weighted by Gasteiger charge is 2.20. The maximum absolute atomic E-state index is 12.6. The summed E-state index contributed by atoms with van der Waals surface area (Å²) in [5, 5.41) is 9.44. The topological polar surface area (TPSA) is 109 Å². The van der Waals surface area contributed by atoms with E-state index >= 15 is 0 Å². The summed E-state index contributed by atoms with van der Waals surface area (Å²) in [4.78, 5) is 18.7. The van der Waals surface area contributed by atoms with Crippen LogP contribution in [0.15, 0.2) is 53.7 Å². The van der Waals surface area contributed by atoms with Gasteiger partial charge in [0.1, 0.15) is 10.0 Å². The van der Waals surface area contributed by atoms with Crippen LogP contribution >= 0.6 is 11.6 Å². The third-order valence-corrected chi connectivity index (χ3v) is 4.92. The predicted octanol–water partition coefficient (Wildman–Crippen LogP) is 2.78. The van der Waals surface area contributed by atoms with Crippen LogP contribution in [0.25, 0.3) is 10.9 Å². The van der Waals surface area contributed by atoms with Gasteiger partial charge in [-0.3, -0.25) is 9.71 Å². The Morgan fingerprint density at radius 2 is 1.83 bits per heavy atom. The Bertz CT molecular complexity index is 1040. The molecular weight excluding hydrogens is 354 g/mol. The summed E-state index contributed by atoms with van der Waals surface area (Å²) < 4.78 is 27.6. The maximum atomic E-state index is 12.6. The van der Waals surface area contributed by atoms with Gasteiger partial charge in [-0.1, -0.05) is 11.6 Å². The second kappa shape index (κ2) is 6.06. The second-order valence-corrected chi connectivity index (χ2v) is 6.81. The number of halogens is 1. The van der Waals surface area contributed by atoms with E-state index in [9.17, 15) is 13.2 Å². The molecule has 3 aromatic rings. The molecule has 7 nitrogen and oxygen atoms in total. The number of hydrogen-bond donors (Lipinski definition) is 2. The standard InChI is InChI=1S/C15H10ClN3O4S/c16-14-11-2-1-7-17-13(11)12(8-18-14)24(22,23)19-10-5-3-9(4-6-10)15(20)21/h1-8,19H,(H,20,21). The van der Waals surface area contributed by atoms with Gasteiger partial charge in [-0.25, -0.2) is 18.2 Å². The van der Waals surface area contributed by atoms with E-state index in [4.69, 9.17) is 16.7 Å². The third kappa shape index (κ3) is 3.01. The first kappa shape index (κ1) is 16.2. The Kier molecular flexibility index (Phi) is 4.08. The molecule has 0 aliphatic heterocycles. The van der Waals surface area contributed by atoms with E-state index in [1.54, 1.807) is 12.1 Å². The Morgan fingerprint density at radius 3 is 2.50 bits per heavy atom. The quantitative estimate of drug-likeness (QED) is 0.690. The van der Waals surface area contributed by atoms with Crippen LogP contribution in [0, 0.1) is 0 Å². The lowest BCUT2D eigenvalue weighted by Gasteiger charge is -2.10. The van der Waals surface area contributed by atoms with Crippen LogP contribution in [-0.4, -0.2) is 29.5 Å². The summed E-state index contributed by atoms with van der Waals surface area (Å²) in [6, 6.07) is 8.58. The molecule has 0 unspecified atom stereocenters. The van der Waals surface area contributed by atoms with Gasteiger partial charge >= 0.3 is 5.97 Å². The zero-order chi connectivity index (χ0) is 17.3. The maximum Gasteiger partial charge on any atom is 0.335 e. The fraction of sp³-hybridized carbons (Fsp3) is 0. The lowest BCUT2D eigenvalue weighted by Crippen LogP contribution is -2.14. The van der Waals surface area contributed by atoms with E-state index in [1.807, 2.05) is 0 Å². The average molecular weight is 364 g/mol. The fourth-order valence-corrected chi connectivity index (χ4v) is 3.47. The molecule has 0 fully saturated rings. The van der Waals surface area contributed by atoms with E-state index < -0.39 is 16.0 Å². The zero-order valence-electron chi connectivity index (χ0n) is 12.0. The van der Waals surface area contributed by atoms with Crippen molar-refractivity contribution in [1.29, 1.82) is 0 Å². The molecule has 0 radical (unpaired) electrons. The first-order chi connectivity index (χ1) is 11.4. The van der Waals surface area contributed by atoms with Gasteiger partial charge in [0.05, 0.1) is 17.3 Å². The van der Waals surface area contributed by atoms with Crippen LogP contribution in [0.4, 0.5) is 5.69 Å². The van der Waals surface area contributed by atoms with Crippen LogP contribution in [0.1, 0.15) is 10.4 Å². The number of carbonyl (C=O) groups is 1. The summed E-state index contributed by atoms with van der Waals surface area (Å²) in [5.41, 5.74) is 0.476. The summed E-state index contributed by atoms with van der Waals surface area (Å²) in [6.45, 7) is 0. The van der Waals surface area contributed by atoms with E-state index in [2.05, 4.69) is 14.7 Å². The van der Waals surface area contributed by atoms with Gasteiger partial charge < -0.3 is 5.11 Å². The number of aromatic nitrogens is 2. The van der Waals surface area contributed by atoms with Crippen LogP contribution in [-0.2, 0) is 10.0 Å². The highest BCUT2D eigenvalue weighted by Crippen LogP contribution is 2.26. The molecule has 0 saturated heterocycles. The van der Waals surface area contributed by atoms with E-state index in [0.29, 0.717) is 5.39 Å². The van der Waals surface area contributed by atoms with Gasteiger partial charge in [-0.05, 0) is 36.4 Å². The van der Waals surface area contributed by atoms with Crippen molar-refractivity contribution < 1.29 is 18.3 Å². The largest absolute Gasteiger partial charge is 0.478 e. The van der Waals surface area contributed by atoms with Crippen molar-refractivity contribution in [2.45, 2.75) is 4.90 Å². The number of hydrogen-bond acceptors (Lipinski definition) is 5. The van der Waals surface area contributed by atoms with Gasteiger partial charge in [0.25, 0.3) is 10.0 Å². The number of fused-ring (bicyclic) bond motifs is 1. The molecule has 0 atom stereocenters. The Balaban J connectivity index is 2.02.